The molecule has 0 bridgehead atoms. The van der Waals surface area contributed by atoms with E-state index in [1.807, 2.05) is 24.4 Å². The van der Waals surface area contributed by atoms with Gasteiger partial charge in [0, 0.05) is 42.1 Å². The number of H-pyrrole nitrogens is 1. The van der Waals surface area contributed by atoms with Crippen LogP contribution in [-0.2, 0) is 28.8 Å². The third-order valence-electron chi connectivity index (χ3n) is 7.69. The van der Waals surface area contributed by atoms with E-state index in [-0.39, 0.29) is 17.2 Å². The summed E-state index contributed by atoms with van der Waals surface area (Å²) in [6.45, 7) is 6.00. The summed E-state index contributed by atoms with van der Waals surface area (Å²) in [5, 5.41) is 3.24. The molecule has 1 amide bonds. The molecule has 1 spiro atoms. The van der Waals surface area contributed by atoms with Crippen LogP contribution in [0.3, 0.4) is 0 Å². The number of aryl methyl sites for hydroxylation is 1. The van der Waals surface area contributed by atoms with Gasteiger partial charge in [-0.2, -0.15) is 0 Å². The van der Waals surface area contributed by atoms with Crippen LogP contribution in [-0.4, -0.2) is 53.2 Å². The molecule has 8 heteroatoms. The van der Waals surface area contributed by atoms with E-state index in [0.29, 0.717) is 30.4 Å². The van der Waals surface area contributed by atoms with Crippen LogP contribution in [0.5, 0.6) is 5.75 Å². The van der Waals surface area contributed by atoms with Crippen molar-refractivity contribution in [2.24, 2.45) is 4.99 Å². The molecule has 1 aromatic carbocycles. The number of rotatable bonds is 8. The van der Waals surface area contributed by atoms with Crippen molar-refractivity contribution in [3.05, 3.63) is 65.5 Å². The van der Waals surface area contributed by atoms with E-state index in [1.165, 1.54) is 6.08 Å². The predicted molar refractivity (Wildman–Crippen MR) is 145 cm³/mol. The van der Waals surface area contributed by atoms with Gasteiger partial charge in [-0.3, -0.25) is 14.6 Å². The lowest BCUT2D eigenvalue weighted by Crippen LogP contribution is -2.43. The maximum Gasteiger partial charge on any atom is 0.253 e. The molecule has 6 rings (SSSR count). The third-order valence-corrected chi connectivity index (χ3v) is 7.69. The van der Waals surface area contributed by atoms with Gasteiger partial charge in [0.05, 0.1) is 29.3 Å². The van der Waals surface area contributed by atoms with Gasteiger partial charge in [0.15, 0.2) is 5.78 Å². The molecule has 2 N–H and O–H groups in total. The van der Waals surface area contributed by atoms with Gasteiger partial charge in [-0.05, 0) is 74.1 Å². The summed E-state index contributed by atoms with van der Waals surface area (Å²) in [5.41, 5.74) is 8.69. The van der Waals surface area contributed by atoms with Crippen LogP contribution < -0.4 is 10.1 Å². The lowest BCUT2D eigenvalue weighted by molar-refractivity contribution is -0.108. The highest BCUT2D eigenvalue weighted by Crippen LogP contribution is 2.46. The summed E-state index contributed by atoms with van der Waals surface area (Å²) < 4.78 is 11.0. The topological polar surface area (TPSA) is 106 Å². The lowest BCUT2D eigenvalue weighted by atomic mass is 9.87. The first kappa shape index (κ1) is 24.3. The van der Waals surface area contributed by atoms with Gasteiger partial charge in [-0.25, -0.2) is 4.99 Å². The molecule has 194 valence electrons. The molecule has 38 heavy (non-hydrogen) atoms. The van der Waals surface area contributed by atoms with E-state index in [9.17, 15) is 9.59 Å². The van der Waals surface area contributed by atoms with Crippen molar-refractivity contribution in [3.63, 3.8) is 0 Å². The van der Waals surface area contributed by atoms with E-state index in [0.717, 1.165) is 77.0 Å². The Hall–Kier alpha value is -4.04. The number of fused-ring (bicyclic) bond motifs is 5. The number of carbonyl (C=O) groups excluding carboxylic acids is 2. The Labute approximate surface area is 221 Å². The second kappa shape index (κ2) is 9.36. The summed E-state index contributed by atoms with van der Waals surface area (Å²) >= 11 is 0. The molecule has 0 radical (unpaired) electrons. The Morgan fingerprint density at radius 1 is 1.24 bits per heavy atom. The third kappa shape index (κ3) is 4.24. The number of aromatic nitrogens is 2. The van der Waals surface area contributed by atoms with Crippen molar-refractivity contribution < 1.29 is 19.1 Å². The Morgan fingerprint density at radius 2 is 2.08 bits per heavy atom. The van der Waals surface area contributed by atoms with Crippen LogP contribution in [0, 0.1) is 0 Å². The smallest absolute Gasteiger partial charge is 0.253 e. The first-order valence-corrected chi connectivity index (χ1v) is 12.9. The number of benzene rings is 1. The van der Waals surface area contributed by atoms with E-state index >= 15 is 0 Å². The first-order valence-electron chi connectivity index (χ1n) is 12.9. The maximum absolute atomic E-state index is 13.0. The number of carbonyl (C=O) groups is 2. The van der Waals surface area contributed by atoms with Gasteiger partial charge < -0.3 is 19.8 Å². The molecule has 1 fully saturated rings. The molecule has 8 nitrogen and oxygen atoms in total. The fourth-order valence-electron chi connectivity index (χ4n) is 5.46. The largest absolute Gasteiger partial charge is 0.489 e. The highest BCUT2D eigenvalue weighted by molar-refractivity contribution is 6.43. The number of ketones is 1. The number of pyridine rings is 1. The minimum atomic E-state index is -0.245. The molecule has 0 atom stereocenters. The molecule has 3 aromatic rings. The highest BCUT2D eigenvalue weighted by Gasteiger charge is 2.49. The van der Waals surface area contributed by atoms with Crippen molar-refractivity contribution in [2.75, 3.05) is 20.3 Å². The zero-order valence-corrected chi connectivity index (χ0v) is 21.6. The SMILES string of the molecule is C=CC(=O)C(C)=Nc1cc(-c2cc3c(cn2)CCc2c-3[nH]c3c2C(=O)NC2(CC2)C3)ccc1OCCOC. The summed E-state index contributed by atoms with van der Waals surface area (Å²) in [7, 11) is 1.61. The summed E-state index contributed by atoms with van der Waals surface area (Å²) in [6.07, 6.45) is 7.78. The minimum Gasteiger partial charge on any atom is -0.489 e. The van der Waals surface area contributed by atoms with E-state index in [4.69, 9.17) is 14.5 Å². The number of hydrogen-bond acceptors (Lipinski definition) is 6. The average Bonchev–Trinajstić information content (AvgIpc) is 3.54. The molecule has 1 saturated carbocycles. The second-order valence-corrected chi connectivity index (χ2v) is 10.3. The van der Waals surface area contributed by atoms with Gasteiger partial charge in [0.1, 0.15) is 18.0 Å². The van der Waals surface area contributed by atoms with Crippen molar-refractivity contribution in [1.82, 2.24) is 15.3 Å². The number of aromatic amines is 1. The van der Waals surface area contributed by atoms with Gasteiger partial charge in [0.25, 0.3) is 5.91 Å². The van der Waals surface area contributed by atoms with Gasteiger partial charge in [-0.1, -0.05) is 6.58 Å². The quantitative estimate of drug-likeness (QED) is 0.263. The van der Waals surface area contributed by atoms with Crippen molar-refractivity contribution in [1.29, 1.82) is 0 Å². The first-order chi connectivity index (χ1) is 18.4. The monoisotopic (exact) mass is 510 g/mol. The molecular weight excluding hydrogens is 480 g/mol. The number of nitrogens with one attached hydrogen (secondary N) is 2. The molecule has 2 aromatic heterocycles. The second-order valence-electron chi connectivity index (χ2n) is 10.3. The predicted octanol–water partition coefficient (Wildman–Crippen LogP) is 4.53. The van der Waals surface area contributed by atoms with Crippen LogP contribution >= 0.6 is 0 Å². The average molecular weight is 511 g/mol. The van der Waals surface area contributed by atoms with Crippen LogP contribution in [0.1, 0.15) is 46.9 Å². The number of hydrogen-bond donors (Lipinski definition) is 2. The zero-order chi connectivity index (χ0) is 26.4. The maximum atomic E-state index is 13.0. The summed E-state index contributed by atoms with van der Waals surface area (Å²) in [6, 6.07) is 7.74. The molecule has 0 saturated heterocycles. The van der Waals surface area contributed by atoms with Crippen LogP contribution in [0.25, 0.3) is 22.5 Å². The minimum absolute atomic E-state index is 0.0428. The number of ether oxygens (including phenoxy) is 2. The fraction of sp³-hybridized carbons (Fsp3) is 0.333. The van der Waals surface area contributed by atoms with E-state index < -0.39 is 0 Å². The van der Waals surface area contributed by atoms with Crippen molar-refractivity contribution >= 4 is 23.1 Å². The molecule has 3 aliphatic rings. The molecule has 2 aliphatic carbocycles. The van der Waals surface area contributed by atoms with Gasteiger partial charge in [0.2, 0.25) is 0 Å². The highest BCUT2D eigenvalue weighted by atomic mass is 16.5. The number of methoxy groups -OCH3 is 1. The Bertz CT molecular complexity index is 1510. The van der Waals surface area contributed by atoms with Gasteiger partial charge in [-0.15, -0.1) is 0 Å². The lowest BCUT2D eigenvalue weighted by Gasteiger charge is -2.24. The molecule has 1 aliphatic heterocycles. The number of allylic oxidation sites excluding steroid dienone is 1. The summed E-state index contributed by atoms with van der Waals surface area (Å²) in [4.78, 5) is 38.0. The number of aliphatic imine (C=N–C) groups is 1. The summed E-state index contributed by atoms with van der Waals surface area (Å²) in [5.74, 6) is 0.361. The van der Waals surface area contributed by atoms with Crippen LogP contribution in [0.4, 0.5) is 5.69 Å². The molecule has 0 unspecified atom stereocenters. The van der Waals surface area contributed by atoms with E-state index in [1.54, 1.807) is 14.0 Å². The normalized spacial score (nSPS) is 16.8. The number of amides is 1. The molecular formula is C30H30N4O4. The Morgan fingerprint density at radius 3 is 2.84 bits per heavy atom. The number of nitrogens with zero attached hydrogens (tertiary/aromatic N) is 2. The van der Waals surface area contributed by atoms with Crippen LogP contribution in [0.15, 0.2) is 48.1 Å². The standard InChI is InChI=1S/C30H30N4O4/c1-4-25(35)17(2)32-23-13-18(6-8-26(23)38-12-11-37-3)22-14-21-19(16-31-22)5-7-20-27-24(33-28(20)21)15-30(9-10-30)34-29(27)36/h4,6,8,13-14,16,33H,1,5,7,9-12,15H2,2-3H3,(H,34,36). The Kier molecular flexibility index (Phi) is 5.99. The fourth-order valence-corrected chi connectivity index (χ4v) is 5.46. The molecule has 3 heterocycles. The Balaban J connectivity index is 1.39. The van der Waals surface area contributed by atoms with Crippen molar-refractivity contribution in [3.8, 4) is 28.3 Å². The van der Waals surface area contributed by atoms with Gasteiger partial charge >= 0.3 is 0 Å². The zero-order valence-electron chi connectivity index (χ0n) is 21.6. The van der Waals surface area contributed by atoms with E-state index in [2.05, 4.69) is 27.9 Å². The van der Waals surface area contributed by atoms with Crippen molar-refractivity contribution in [2.45, 2.75) is 44.6 Å². The van der Waals surface area contributed by atoms with Crippen LogP contribution in [0.2, 0.25) is 0 Å².